The van der Waals surface area contributed by atoms with Crippen molar-refractivity contribution in [3.63, 3.8) is 0 Å². The van der Waals surface area contributed by atoms with E-state index in [1.807, 2.05) is 0 Å². The fourth-order valence-corrected chi connectivity index (χ4v) is 2.74. The highest BCUT2D eigenvalue weighted by Gasteiger charge is 2.35. The van der Waals surface area contributed by atoms with Crippen molar-refractivity contribution in [3.8, 4) is 0 Å². The first-order valence-corrected chi connectivity index (χ1v) is 7.27. The van der Waals surface area contributed by atoms with Crippen LogP contribution in [0, 0.1) is 5.41 Å². The van der Waals surface area contributed by atoms with E-state index in [9.17, 15) is 0 Å². The molecule has 1 aliphatic heterocycles. The summed E-state index contributed by atoms with van der Waals surface area (Å²) in [6, 6.07) is 0. The third-order valence-corrected chi connectivity index (χ3v) is 3.57. The van der Waals surface area contributed by atoms with Crippen LogP contribution in [0.4, 0.5) is 0 Å². The molecule has 3 heteroatoms. The minimum absolute atomic E-state index is 0.361. The van der Waals surface area contributed by atoms with Gasteiger partial charge in [-0.1, -0.05) is 20.8 Å². The maximum Gasteiger partial charge on any atom is 0.0547 e. The summed E-state index contributed by atoms with van der Waals surface area (Å²) < 4.78 is 5.65. The molecule has 0 aromatic rings. The topological polar surface area (TPSA) is 24.5 Å². The van der Waals surface area contributed by atoms with E-state index in [1.165, 1.54) is 38.9 Å². The zero-order valence-electron chi connectivity index (χ0n) is 11.9. The Bertz CT molecular complexity index is 185. The molecule has 1 fully saturated rings. The number of hydrogen-bond donors (Lipinski definition) is 1. The molecule has 1 atom stereocenters. The zero-order valence-corrected chi connectivity index (χ0v) is 11.9. The molecule has 1 aliphatic rings. The second kappa shape index (κ2) is 8.06. The monoisotopic (exact) mass is 242 g/mol. The zero-order chi connectivity index (χ0) is 12.6. The Balaban J connectivity index is 2.50. The van der Waals surface area contributed by atoms with E-state index >= 15 is 0 Å². The summed E-state index contributed by atoms with van der Waals surface area (Å²) in [6.07, 6.45) is 3.71. The van der Waals surface area contributed by atoms with Crippen LogP contribution in [0.25, 0.3) is 0 Å². The summed E-state index contributed by atoms with van der Waals surface area (Å²) in [7, 11) is 0. The lowest BCUT2D eigenvalue weighted by atomic mass is 9.86. The van der Waals surface area contributed by atoms with Crippen LogP contribution in [0.1, 0.15) is 40.0 Å². The van der Waals surface area contributed by atoms with Gasteiger partial charge in [-0.2, -0.15) is 0 Å². The van der Waals surface area contributed by atoms with Crippen LogP contribution in [0.2, 0.25) is 0 Å². The van der Waals surface area contributed by atoms with Gasteiger partial charge in [-0.25, -0.2) is 0 Å². The fraction of sp³-hybridized carbons (Fsp3) is 1.00. The van der Waals surface area contributed by atoms with Crippen molar-refractivity contribution in [1.82, 2.24) is 10.2 Å². The van der Waals surface area contributed by atoms with E-state index in [-0.39, 0.29) is 0 Å². The van der Waals surface area contributed by atoms with Gasteiger partial charge in [0, 0.05) is 25.1 Å². The lowest BCUT2D eigenvalue weighted by Gasteiger charge is -2.34. The SMILES string of the molecule is CCCN(CCC)CC1(CNCC)CCOC1. The molecule has 1 rings (SSSR count). The van der Waals surface area contributed by atoms with Gasteiger partial charge in [-0.3, -0.25) is 0 Å². The van der Waals surface area contributed by atoms with Crippen molar-refractivity contribution in [2.75, 3.05) is 45.9 Å². The quantitative estimate of drug-likeness (QED) is 0.670. The second-order valence-corrected chi connectivity index (χ2v) is 5.36. The molecule has 17 heavy (non-hydrogen) atoms. The van der Waals surface area contributed by atoms with Crippen LogP contribution in [0.15, 0.2) is 0 Å². The van der Waals surface area contributed by atoms with Gasteiger partial charge in [0.2, 0.25) is 0 Å². The average molecular weight is 242 g/mol. The second-order valence-electron chi connectivity index (χ2n) is 5.36. The molecule has 0 saturated carbocycles. The van der Waals surface area contributed by atoms with Gasteiger partial charge in [-0.15, -0.1) is 0 Å². The first-order valence-electron chi connectivity index (χ1n) is 7.27. The molecule has 0 aliphatic carbocycles. The molecule has 1 heterocycles. The van der Waals surface area contributed by atoms with Crippen molar-refractivity contribution < 1.29 is 4.74 Å². The number of nitrogens with zero attached hydrogens (tertiary/aromatic N) is 1. The van der Waals surface area contributed by atoms with Gasteiger partial charge in [-0.05, 0) is 38.9 Å². The minimum Gasteiger partial charge on any atom is -0.381 e. The van der Waals surface area contributed by atoms with Gasteiger partial charge in [0.1, 0.15) is 0 Å². The van der Waals surface area contributed by atoms with E-state index in [0.29, 0.717) is 5.41 Å². The Kier molecular flexibility index (Phi) is 7.09. The molecular formula is C14H30N2O. The highest BCUT2D eigenvalue weighted by Crippen LogP contribution is 2.29. The number of ether oxygens (including phenoxy) is 1. The Hall–Kier alpha value is -0.120. The predicted octanol–water partition coefficient (Wildman–Crippen LogP) is 2.12. The van der Waals surface area contributed by atoms with Crippen LogP contribution in [-0.4, -0.2) is 50.8 Å². The Morgan fingerprint density at radius 2 is 1.88 bits per heavy atom. The van der Waals surface area contributed by atoms with E-state index in [4.69, 9.17) is 4.74 Å². The van der Waals surface area contributed by atoms with Gasteiger partial charge < -0.3 is 15.0 Å². The molecule has 1 saturated heterocycles. The van der Waals surface area contributed by atoms with Gasteiger partial charge in [0.25, 0.3) is 0 Å². The largest absolute Gasteiger partial charge is 0.381 e. The Morgan fingerprint density at radius 3 is 2.35 bits per heavy atom. The highest BCUT2D eigenvalue weighted by molar-refractivity contribution is 4.88. The molecule has 0 amide bonds. The van der Waals surface area contributed by atoms with Gasteiger partial charge in [0.05, 0.1) is 6.61 Å². The van der Waals surface area contributed by atoms with Crippen LogP contribution in [-0.2, 0) is 4.74 Å². The minimum atomic E-state index is 0.361. The summed E-state index contributed by atoms with van der Waals surface area (Å²) in [4.78, 5) is 2.62. The molecule has 0 aromatic heterocycles. The normalized spacial score (nSPS) is 24.7. The first kappa shape index (κ1) is 14.9. The summed E-state index contributed by atoms with van der Waals surface area (Å²) in [5.74, 6) is 0. The van der Waals surface area contributed by atoms with Crippen LogP contribution in [0.3, 0.4) is 0 Å². The smallest absolute Gasteiger partial charge is 0.0547 e. The molecule has 3 nitrogen and oxygen atoms in total. The van der Waals surface area contributed by atoms with Crippen LogP contribution in [0.5, 0.6) is 0 Å². The van der Waals surface area contributed by atoms with E-state index in [2.05, 4.69) is 31.0 Å². The third-order valence-electron chi connectivity index (χ3n) is 3.57. The van der Waals surface area contributed by atoms with Crippen molar-refractivity contribution in [3.05, 3.63) is 0 Å². The lowest BCUT2D eigenvalue weighted by molar-refractivity contribution is 0.108. The van der Waals surface area contributed by atoms with E-state index in [0.717, 1.165) is 26.3 Å². The molecule has 1 N–H and O–H groups in total. The van der Waals surface area contributed by atoms with Crippen molar-refractivity contribution >= 4 is 0 Å². The fourth-order valence-electron chi connectivity index (χ4n) is 2.74. The van der Waals surface area contributed by atoms with Crippen molar-refractivity contribution in [2.45, 2.75) is 40.0 Å². The summed E-state index contributed by atoms with van der Waals surface area (Å²) in [5.41, 5.74) is 0.361. The maximum absolute atomic E-state index is 5.65. The summed E-state index contributed by atoms with van der Waals surface area (Å²) >= 11 is 0. The first-order chi connectivity index (χ1) is 8.26. The molecular weight excluding hydrogens is 212 g/mol. The van der Waals surface area contributed by atoms with Crippen LogP contribution >= 0.6 is 0 Å². The third kappa shape index (κ3) is 4.94. The average Bonchev–Trinajstić information content (AvgIpc) is 2.76. The van der Waals surface area contributed by atoms with Gasteiger partial charge >= 0.3 is 0 Å². The predicted molar refractivity (Wildman–Crippen MR) is 73.4 cm³/mol. The summed E-state index contributed by atoms with van der Waals surface area (Å²) in [5, 5.41) is 3.51. The summed E-state index contributed by atoms with van der Waals surface area (Å²) in [6.45, 7) is 14.4. The maximum atomic E-state index is 5.65. The van der Waals surface area contributed by atoms with E-state index < -0.39 is 0 Å². The Morgan fingerprint density at radius 1 is 1.18 bits per heavy atom. The number of rotatable bonds is 9. The molecule has 0 bridgehead atoms. The van der Waals surface area contributed by atoms with Crippen molar-refractivity contribution in [2.24, 2.45) is 5.41 Å². The number of hydrogen-bond acceptors (Lipinski definition) is 3. The van der Waals surface area contributed by atoms with Gasteiger partial charge in [0.15, 0.2) is 0 Å². The molecule has 1 unspecified atom stereocenters. The molecule has 102 valence electrons. The van der Waals surface area contributed by atoms with Crippen LogP contribution < -0.4 is 5.32 Å². The lowest BCUT2D eigenvalue weighted by Crippen LogP contribution is -2.45. The Labute approximate surface area is 107 Å². The molecule has 0 radical (unpaired) electrons. The number of nitrogens with one attached hydrogen (secondary N) is 1. The highest BCUT2D eigenvalue weighted by atomic mass is 16.5. The molecule has 0 spiro atoms. The molecule has 0 aromatic carbocycles. The van der Waals surface area contributed by atoms with Crippen molar-refractivity contribution in [1.29, 1.82) is 0 Å². The standard InChI is InChI=1S/C14H30N2O/c1-4-8-16(9-5-2)12-14(11-15-6-3)7-10-17-13-14/h15H,4-13H2,1-3H3. The van der Waals surface area contributed by atoms with E-state index in [1.54, 1.807) is 0 Å².